The van der Waals surface area contributed by atoms with Gasteiger partial charge in [0, 0.05) is 0 Å². The Morgan fingerprint density at radius 3 is 2.34 bits per heavy atom. The first-order chi connectivity index (χ1) is 21.2. The highest BCUT2D eigenvalue weighted by atomic mass is 79.9. The minimum Gasteiger partial charge on any atom is -0.494 e. The molecule has 1 aliphatic rings. The van der Waals surface area contributed by atoms with Gasteiger partial charge in [0.2, 0.25) is 0 Å². The van der Waals surface area contributed by atoms with E-state index in [0.717, 1.165) is 16.7 Å². The maximum atomic E-state index is 14.0. The van der Waals surface area contributed by atoms with Crippen molar-refractivity contribution in [1.82, 2.24) is 4.57 Å². The van der Waals surface area contributed by atoms with Gasteiger partial charge in [-0.05, 0) is 112 Å². The van der Waals surface area contributed by atoms with E-state index in [4.69, 9.17) is 19.5 Å². The van der Waals surface area contributed by atoms with E-state index in [1.165, 1.54) is 11.3 Å². The number of carbonyl (C=O) groups excluding carboxylic acids is 1. The average Bonchev–Trinajstić information content (AvgIpc) is 3.30. The maximum Gasteiger partial charge on any atom is 0.338 e. The zero-order valence-corrected chi connectivity index (χ0v) is 28.1. The number of aromatic nitrogens is 1. The van der Waals surface area contributed by atoms with Crippen LogP contribution in [0.3, 0.4) is 0 Å². The Bertz CT molecular complexity index is 1950. The van der Waals surface area contributed by atoms with Crippen molar-refractivity contribution in [3.63, 3.8) is 0 Å². The second-order valence-corrected chi connectivity index (χ2v) is 12.4. The molecule has 44 heavy (non-hydrogen) atoms. The van der Waals surface area contributed by atoms with Crippen molar-refractivity contribution in [1.29, 1.82) is 5.26 Å². The smallest absolute Gasteiger partial charge is 0.338 e. The number of hydrogen-bond donors (Lipinski definition) is 0. The summed E-state index contributed by atoms with van der Waals surface area (Å²) in [7, 11) is 0. The third-order valence-corrected chi connectivity index (χ3v) is 8.97. The van der Waals surface area contributed by atoms with Crippen LogP contribution >= 0.6 is 43.2 Å². The summed E-state index contributed by atoms with van der Waals surface area (Å²) in [5, 5.41) is 9.01. The van der Waals surface area contributed by atoms with E-state index in [1.807, 2.05) is 55.5 Å². The van der Waals surface area contributed by atoms with Gasteiger partial charge in [-0.25, -0.2) is 9.79 Å². The second kappa shape index (κ2) is 13.8. The fourth-order valence-electron chi connectivity index (χ4n) is 4.80. The first-order valence-corrected chi connectivity index (χ1v) is 16.2. The number of carbonyl (C=O) groups is 1. The van der Waals surface area contributed by atoms with Crippen molar-refractivity contribution in [2.75, 3.05) is 13.2 Å². The Balaban J connectivity index is 1.52. The van der Waals surface area contributed by atoms with Crippen molar-refractivity contribution in [2.24, 2.45) is 4.99 Å². The van der Waals surface area contributed by atoms with Crippen LogP contribution in [-0.2, 0) is 16.1 Å². The summed E-state index contributed by atoms with van der Waals surface area (Å²) in [6.45, 7) is 6.45. The summed E-state index contributed by atoms with van der Waals surface area (Å²) in [5.41, 5.74) is 3.58. The lowest BCUT2D eigenvalue weighted by molar-refractivity contribution is -0.139. The normalized spacial score (nSPS) is 14.5. The van der Waals surface area contributed by atoms with E-state index in [-0.39, 0.29) is 12.2 Å². The van der Waals surface area contributed by atoms with Gasteiger partial charge in [-0.15, -0.1) is 0 Å². The van der Waals surface area contributed by atoms with Crippen molar-refractivity contribution >= 4 is 55.2 Å². The number of benzene rings is 3. The van der Waals surface area contributed by atoms with E-state index < -0.39 is 12.0 Å². The first-order valence-electron chi connectivity index (χ1n) is 13.8. The van der Waals surface area contributed by atoms with Gasteiger partial charge in [0.05, 0.1) is 55.6 Å². The van der Waals surface area contributed by atoms with Crippen LogP contribution in [0.25, 0.3) is 6.08 Å². The van der Waals surface area contributed by atoms with E-state index in [1.54, 1.807) is 36.6 Å². The summed E-state index contributed by atoms with van der Waals surface area (Å²) >= 11 is 8.46. The number of esters is 1. The number of allylic oxidation sites excluding steroid dienone is 1. The van der Waals surface area contributed by atoms with Crippen LogP contribution in [0.2, 0.25) is 0 Å². The molecule has 0 saturated heterocycles. The molecule has 1 aliphatic heterocycles. The lowest BCUT2D eigenvalue weighted by Gasteiger charge is -2.24. The van der Waals surface area contributed by atoms with Gasteiger partial charge < -0.3 is 14.2 Å². The number of ether oxygens (including phenoxy) is 3. The molecular weight excluding hydrogens is 710 g/mol. The lowest BCUT2D eigenvalue weighted by atomic mass is 9.96. The zero-order valence-electron chi connectivity index (χ0n) is 24.1. The Hall–Kier alpha value is -3.98. The number of hydrogen-bond acceptors (Lipinski definition) is 8. The third-order valence-electron chi connectivity index (χ3n) is 6.81. The molecule has 224 valence electrons. The first kappa shape index (κ1) is 31.4. The lowest BCUT2D eigenvalue weighted by Crippen LogP contribution is -2.39. The third kappa shape index (κ3) is 6.58. The fourth-order valence-corrected chi connectivity index (χ4v) is 7.30. The van der Waals surface area contributed by atoms with Gasteiger partial charge in [0.1, 0.15) is 18.1 Å². The number of rotatable bonds is 9. The minimum atomic E-state index is -0.709. The molecule has 0 aliphatic carbocycles. The molecule has 0 unspecified atom stereocenters. The highest BCUT2D eigenvalue weighted by Crippen LogP contribution is 2.36. The molecule has 8 nitrogen and oxygen atoms in total. The summed E-state index contributed by atoms with van der Waals surface area (Å²) in [4.78, 5) is 32.2. The molecule has 0 saturated carbocycles. The number of nitriles is 1. The summed E-state index contributed by atoms with van der Waals surface area (Å²) in [5.74, 6) is 0.798. The van der Waals surface area contributed by atoms with Crippen molar-refractivity contribution < 1.29 is 19.0 Å². The van der Waals surface area contributed by atoms with E-state index in [9.17, 15) is 9.59 Å². The van der Waals surface area contributed by atoms with E-state index in [0.29, 0.717) is 59.8 Å². The summed E-state index contributed by atoms with van der Waals surface area (Å²) in [6, 6.07) is 19.7. The molecular formula is C33H27Br2N3O5S. The van der Waals surface area contributed by atoms with Crippen LogP contribution in [0.1, 0.15) is 49.1 Å². The molecule has 3 aromatic carbocycles. The molecule has 0 fully saturated rings. The van der Waals surface area contributed by atoms with Gasteiger partial charge in [-0.1, -0.05) is 35.6 Å². The Kier molecular flexibility index (Phi) is 9.84. The summed E-state index contributed by atoms with van der Waals surface area (Å²) in [6.07, 6.45) is 1.79. The monoisotopic (exact) mass is 735 g/mol. The maximum absolute atomic E-state index is 14.0. The fraction of sp³-hybridized carbons (Fsp3) is 0.212. The standard InChI is InChI=1S/C33H27Br2N3O5S/c1-4-41-24-12-10-23(11-13-24)29-28(32(40)42-5-2)19(3)37-33-38(29)31(39)27(44-33)16-22-14-25(34)30(26(35)15-22)43-18-21-8-6-20(17-36)7-9-21/h6-16,29H,4-5,18H2,1-3H3/b27-16-/t29-/m1/s1. The molecule has 1 atom stereocenters. The van der Waals surface area contributed by atoms with Crippen LogP contribution in [0.4, 0.5) is 0 Å². The largest absolute Gasteiger partial charge is 0.494 e. The van der Waals surface area contributed by atoms with Gasteiger partial charge in [0.15, 0.2) is 4.80 Å². The molecule has 2 heterocycles. The van der Waals surface area contributed by atoms with Crippen molar-refractivity contribution in [3.05, 3.63) is 123 Å². The van der Waals surface area contributed by atoms with Crippen LogP contribution in [0, 0.1) is 11.3 Å². The number of halogens is 2. The van der Waals surface area contributed by atoms with Gasteiger partial charge >= 0.3 is 5.97 Å². The highest BCUT2D eigenvalue weighted by Gasteiger charge is 2.33. The quantitative estimate of drug-likeness (QED) is 0.191. The Labute approximate surface area is 274 Å². The molecule has 0 radical (unpaired) electrons. The van der Waals surface area contributed by atoms with Crippen molar-refractivity contribution in [3.8, 4) is 17.6 Å². The predicted octanol–water partition coefficient (Wildman–Crippen LogP) is 6.17. The molecule has 0 N–H and O–H groups in total. The molecule has 0 amide bonds. The van der Waals surface area contributed by atoms with Crippen LogP contribution in [0.5, 0.6) is 11.5 Å². The van der Waals surface area contributed by atoms with Gasteiger partial charge in [-0.2, -0.15) is 5.26 Å². The number of fused-ring (bicyclic) bond motifs is 1. The molecule has 11 heteroatoms. The van der Waals surface area contributed by atoms with Crippen molar-refractivity contribution in [2.45, 2.75) is 33.4 Å². The molecule has 0 bridgehead atoms. The number of thiazole rings is 1. The van der Waals surface area contributed by atoms with Gasteiger partial charge in [0.25, 0.3) is 5.56 Å². The Morgan fingerprint density at radius 1 is 1.05 bits per heavy atom. The molecule has 4 aromatic rings. The topological polar surface area (TPSA) is 103 Å². The SMILES string of the molecule is CCOC(=O)C1=C(C)N=c2s/c(=C\c3cc(Br)c(OCc4ccc(C#N)cc4)c(Br)c3)c(=O)n2[C@@H]1c1ccc(OCC)cc1. The minimum absolute atomic E-state index is 0.201. The zero-order chi connectivity index (χ0) is 31.4. The predicted molar refractivity (Wildman–Crippen MR) is 175 cm³/mol. The molecule has 0 spiro atoms. The number of nitrogens with zero attached hydrogens (tertiary/aromatic N) is 3. The Morgan fingerprint density at radius 2 is 1.73 bits per heavy atom. The van der Waals surface area contributed by atoms with Crippen LogP contribution in [-0.4, -0.2) is 23.8 Å². The van der Waals surface area contributed by atoms with Crippen LogP contribution in [0.15, 0.2) is 90.7 Å². The average molecular weight is 737 g/mol. The summed E-state index contributed by atoms with van der Waals surface area (Å²) < 4.78 is 20.5. The van der Waals surface area contributed by atoms with Gasteiger partial charge in [-0.3, -0.25) is 9.36 Å². The van der Waals surface area contributed by atoms with E-state index in [2.05, 4.69) is 42.9 Å². The molecule has 1 aromatic heterocycles. The second-order valence-electron chi connectivity index (χ2n) is 9.72. The van der Waals surface area contributed by atoms with Crippen LogP contribution < -0.4 is 24.4 Å². The van der Waals surface area contributed by atoms with E-state index >= 15 is 0 Å². The molecule has 5 rings (SSSR count). The highest BCUT2D eigenvalue weighted by molar-refractivity contribution is 9.11.